The van der Waals surface area contributed by atoms with Gasteiger partial charge in [0.05, 0.1) is 6.54 Å². The minimum atomic E-state index is -0.322. The van der Waals surface area contributed by atoms with Crippen LogP contribution in [0.5, 0.6) is 0 Å². The van der Waals surface area contributed by atoms with Crippen LogP contribution >= 0.6 is 0 Å². The molecule has 6 heteroatoms. The van der Waals surface area contributed by atoms with E-state index >= 15 is 0 Å². The maximum atomic E-state index is 12.7. The summed E-state index contributed by atoms with van der Waals surface area (Å²) in [7, 11) is 0. The average molecular weight is 339 g/mol. The van der Waals surface area contributed by atoms with Gasteiger partial charge in [-0.15, -0.1) is 0 Å². The van der Waals surface area contributed by atoms with Gasteiger partial charge in [0.1, 0.15) is 5.56 Å². The van der Waals surface area contributed by atoms with Crippen molar-refractivity contribution in [2.24, 2.45) is 11.7 Å². The van der Waals surface area contributed by atoms with Gasteiger partial charge in [0, 0.05) is 25.2 Å². The maximum Gasteiger partial charge on any atom is 0.263 e. The molecule has 2 heterocycles. The predicted molar refractivity (Wildman–Crippen MR) is 94.1 cm³/mol. The van der Waals surface area contributed by atoms with Gasteiger partial charge in [-0.05, 0) is 30.5 Å². The molecule has 0 unspecified atom stereocenters. The van der Waals surface area contributed by atoms with Crippen molar-refractivity contribution in [3.8, 4) is 0 Å². The largest absolute Gasteiger partial charge is 0.369 e. The minimum Gasteiger partial charge on any atom is -0.369 e. The highest BCUT2D eigenvalue weighted by Gasteiger charge is 2.27. The smallest absolute Gasteiger partial charge is 0.263 e. The van der Waals surface area contributed by atoms with Crippen LogP contribution in [-0.2, 0) is 11.3 Å². The lowest BCUT2D eigenvalue weighted by atomic mass is 9.96. The Hall–Kier alpha value is -2.89. The van der Waals surface area contributed by atoms with Gasteiger partial charge in [0.2, 0.25) is 5.91 Å². The van der Waals surface area contributed by atoms with Gasteiger partial charge in [-0.25, -0.2) is 0 Å². The van der Waals surface area contributed by atoms with Crippen molar-refractivity contribution < 1.29 is 9.59 Å². The number of carbonyl (C=O) groups excluding carboxylic acids is 2. The second kappa shape index (κ2) is 7.34. The highest BCUT2D eigenvalue weighted by molar-refractivity contribution is 5.94. The zero-order valence-corrected chi connectivity index (χ0v) is 13.9. The Kier molecular flexibility index (Phi) is 4.97. The van der Waals surface area contributed by atoms with E-state index in [0.29, 0.717) is 32.5 Å². The number of rotatable bonds is 4. The zero-order valence-electron chi connectivity index (χ0n) is 13.9. The molecule has 1 aromatic heterocycles. The fraction of sp³-hybridized carbons (Fsp3) is 0.316. The Morgan fingerprint density at radius 3 is 2.36 bits per heavy atom. The van der Waals surface area contributed by atoms with Crippen molar-refractivity contribution in [2.75, 3.05) is 13.1 Å². The van der Waals surface area contributed by atoms with E-state index in [1.807, 2.05) is 30.3 Å². The summed E-state index contributed by atoms with van der Waals surface area (Å²) in [5.41, 5.74) is 6.18. The van der Waals surface area contributed by atoms with E-state index in [1.54, 1.807) is 27.8 Å². The molecule has 0 aliphatic carbocycles. The summed E-state index contributed by atoms with van der Waals surface area (Å²) >= 11 is 0. The standard InChI is InChI=1S/C19H21N3O3/c20-17(23)15-8-11-21(12-9-15)18(24)16-7-4-10-22(19(16)25)13-14-5-2-1-3-6-14/h1-7,10,15H,8-9,11-13H2,(H2,20,23). The molecule has 0 spiro atoms. The average Bonchev–Trinajstić information content (AvgIpc) is 2.64. The lowest BCUT2D eigenvalue weighted by molar-refractivity contribution is -0.123. The summed E-state index contributed by atoms with van der Waals surface area (Å²) in [6.45, 7) is 1.31. The van der Waals surface area contributed by atoms with Crippen LogP contribution in [0, 0.1) is 5.92 Å². The van der Waals surface area contributed by atoms with Crippen LogP contribution in [0.4, 0.5) is 0 Å². The molecule has 2 N–H and O–H groups in total. The first-order chi connectivity index (χ1) is 12.1. The second-order valence-corrected chi connectivity index (χ2v) is 6.31. The van der Waals surface area contributed by atoms with Gasteiger partial charge < -0.3 is 15.2 Å². The lowest BCUT2D eigenvalue weighted by Crippen LogP contribution is -2.43. The van der Waals surface area contributed by atoms with E-state index in [4.69, 9.17) is 5.73 Å². The number of nitrogens with zero attached hydrogens (tertiary/aromatic N) is 2. The molecule has 0 saturated carbocycles. The van der Waals surface area contributed by atoms with Gasteiger partial charge in [0.15, 0.2) is 0 Å². The van der Waals surface area contributed by atoms with E-state index in [-0.39, 0.29) is 28.9 Å². The van der Waals surface area contributed by atoms with Crippen LogP contribution in [0.15, 0.2) is 53.5 Å². The third-order valence-corrected chi connectivity index (χ3v) is 4.63. The van der Waals surface area contributed by atoms with Crippen LogP contribution in [0.25, 0.3) is 0 Å². The van der Waals surface area contributed by atoms with E-state index in [1.165, 1.54) is 0 Å². The molecule has 1 aromatic carbocycles. The number of piperidine rings is 1. The summed E-state index contributed by atoms with van der Waals surface area (Å²) in [5.74, 6) is -0.790. The number of benzene rings is 1. The predicted octanol–water partition coefficient (Wildman–Crippen LogP) is 1.23. The number of hydrogen-bond donors (Lipinski definition) is 1. The monoisotopic (exact) mass is 339 g/mol. The fourth-order valence-corrected chi connectivity index (χ4v) is 3.14. The third kappa shape index (κ3) is 3.79. The molecule has 0 radical (unpaired) electrons. The molecule has 6 nitrogen and oxygen atoms in total. The summed E-state index contributed by atoms with van der Waals surface area (Å²) in [6, 6.07) is 12.9. The normalized spacial score (nSPS) is 15.1. The van der Waals surface area contributed by atoms with Crippen molar-refractivity contribution in [3.63, 3.8) is 0 Å². The summed E-state index contributed by atoms with van der Waals surface area (Å²) in [5, 5.41) is 0. The minimum absolute atomic E-state index is 0.163. The Balaban J connectivity index is 1.77. The van der Waals surface area contributed by atoms with E-state index in [0.717, 1.165) is 5.56 Å². The molecule has 1 aliphatic heterocycles. The molecule has 0 atom stereocenters. The molecular weight excluding hydrogens is 318 g/mol. The number of likely N-dealkylation sites (tertiary alicyclic amines) is 1. The number of amides is 2. The van der Waals surface area contributed by atoms with Crippen molar-refractivity contribution in [1.29, 1.82) is 0 Å². The second-order valence-electron chi connectivity index (χ2n) is 6.31. The Morgan fingerprint density at radius 2 is 1.72 bits per heavy atom. The number of aromatic nitrogens is 1. The number of carbonyl (C=O) groups is 2. The molecule has 130 valence electrons. The molecule has 0 bridgehead atoms. The number of hydrogen-bond acceptors (Lipinski definition) is 3. The van der Waals surface area contributed by atoms with E-state index in [9.17, 15) is 14.4 Å². The molecular formula is C19H21N3O3. The number of pyridine rings is 1. The molecule has 2 amide bonds. The Bertz CT molecular complexity index is 821. The van der Waals surface area contributed by atoms with E-state index < -0.39 is 0 Å². The molecule has 25 heavy (non-hydrogen) atoms. The summed E-state index contributed by atoms with van der Waals surface area (Å²) in [6.07, 6.45) is 2.78. The molecule has 1 aliphatic rings. The van der Waals surface area contributed by atoms with Crippen LogP contribution in [0.3, 0.4) is 0 Å². The first kappa shape index (κ1) is 17.0. The van der Waals surface area contributed by atoms with Crippen molar-refractivity contribution in [1.82, 2.24) is 9.47 Å². The van der Waals surface area contributed by atoms with Crippen LogP contribution in [0.1, 0.15) is 28.8 Å². The van der Waals surface area contributed by atoms with Crippen LogP contribution < -0.4 is 11.3 Å². The van der Waals surface area contributed by atoms with Crippen molar-refractivity contribution in [2.45, 2.75) is 19.4 Å². The van der Waals surface area contributed by atoms with E-state index in [2.05, 4.69) is 0 Å². The topological polar surface area (TPSA) is 85.4 Å². The summed E-state index contributed by atoms with van der Waals surface area (Å²) < 4.78 is 1.54. The number of nitrogens with two attached hydrogens (primary N) is 1. The Morgan fingerprint density at radius 1 is 1.04 bits per heavy atom. The quantitative estimate of drug-likeness (QED) is 0.909. The van der Waals surface area contributed by atoms with Gasteiger partial charge in [-0.3, -0.25) is 14.4 Å². The van der Waals surface area contributed by atoms with Gasteiger partial charge in [-0.2, -0.15) is 0 Å². The first-order valence-corrected chi connectivity index (χ1v) is 8.38. The fourth-order valence-electron chi connectivity index (χ4n) is 3.14. The van der Waals surface area contributed by atoms with Gasteiger partial charge in [0.25, 0.3) is 11.5 Å². The molecule has 1 saturated heterocycles. The van der Waals surface area contributed by atoms with Gasteiger partial charge >= 0.3 is 0 Å². The van der Waals surface area contributed by atoms with Crippen molar-refractivity contribution >= 4 is 11.8 Å². The van der Waals surface area contributed by atoms with Gasteiger partial charge in [-0.1, -0.05) is 30.3 Å². The third-order valence-electron chi connectivity index (χ3n) is 4.63. The SMILES string of the molecule is NC(=O)C1CCN(C(=O)c2cccn(Cc3ccccc3)c2=O)CC1. The maximum absolute atomic E-state index is 12.7. The zero-order chi connectivity index (χ0) is 17.8. The summed E-state index contributed by atoms with van der Waals surface area (Å²) in [4.78, 5) is 38.2. The lowest BCUT2D eigenvalue weighted by Gasteiger charge is -2.30. The van der Waals surface area contributed by atoms with Crippen LogP contribution in [0.2, 0.25) is 0 Å². The van der Waals surface area contributed by atoms with Crippen molar-refractivity contribution in [3.05, 3.63) is 70.1 Å². The molecule has 3 rings (SSSR count). The molecule has 2 aromatic rings. The number of primary amides is 1. The highest BCUT2D eigenvalue weighted by Crippen LogP contribution is 2.18. The first-order valence-electron chi connectivity index (χ1n) is 8.38. The highest BCUT2D eigenvalue weighted by atomic mass is 16.2. The molecule has 1 fully saturated rings. The Labute approximate surface area is 145 Å². The van der Waals surface area contributed by atoms with Crippen LogP contribution in [-0.4, -0.2) is 34.4 Å².